The minimum absolute atomic E-state index is 0.0101. The first-order valence-electron chi connectivity index (χ1n) is 9.01. The zero-order chi connectivity index (χ0) is 18.4. The van der Waals surface area contributed by atoms with Gasteiger partial charge in [-0.05, 0) is 43.0 Å². The van der Waals surface area contributed by atoms with Crippen LogP contribution in [0.25, 0.3) is 6.08 Å². The highest BCUT2D eigenvalue weighted by Crippen LogP contribution is 2.32. The van der Waals surface area contributed by atoms with Crippen molar-refractivity contribution in [2.75, 3.05) is 20.3 Å². The topological polar surface area (TPSA) is 38.8 Å². The minimum Gasteiger partial charge on any atom is -0.493 e. The van der Waals surface area contributed by atoms with Crippen LogP contribution >= 0.6 is 0 Å². The molecule has 136 valence electrons. The number of amides is 1. The fourth-order valence-electron chi connectivity index (χ4n) is 3.41. The quantitative estimate of drug-likeness (QED) is 0.771. The summed E-state index contributed by atoms with van der Waals surface area (Å²) in [6, 6.07) is 16.0. The van der Waals surface area contributed by atoms with Crippen molar-refractivity contribution in [2.45, 2.75) is 25.8 Å². The van der Waals surface area contributed by atoms with E-state index in [-0.39, 0.29) is 18.6 Å². The van der Waals surface area contributed by atoms with Crippen LogP contribution in [-0.2, 0) is 4.79 Å². The highest BCUT2D eigenvalue weighted by atomic mass is 16.5. The van der Waals surface area contributed by atoms with E-state index in [2.05, 4.69) is 12.1 Å². The van der Waals surface area contributed by atoms with Crippen LogP contribution in [0.15, 0.2) is 54.6 Å². The summed E-state index contributed by atoms with van der Waals surface area (Å²) in [5.74, 6) is 1.23. The summed E-state index contributed by atoms with van der Waals surface area (Å²) in [5, 5.41) is 0. The molecule has 1 aliphatic heterocycles. The molecule has 0 saturated carbocycles. The van der Waals surface area contributed by atoms with Crippen molar-refractivity contribution in [1.82, 2.24) is 4.90 Å². The van der Waals surface area contributed by atoms with Gasteiger partial charge in [-0.2, -0.15) is 0 Å². The predicted molar refractivity (Wildman–Crippen MR) is 103 cm³/mol. The molecule has 1 amide bonds. The lowest BCUT2D eigenvalue weighted by molar-refractivity contribution is -0.134. The van der Waals surface area contributed by atoms with Gasteiger partial charge in [-0.15, -0.1) is 0 Å². The molecule has 2 aromatic carbocycles. The second-order valence-electron chi connectivity index (χ2n) is 6.35. The minimum atomic E-state index is 0.0101. The summed E-state index contributed by atoms with van der Waals surface area (Å²) in [6.45, 7) is 2.76. The number of hydrogen-bond donors (Lipinski definition) is 0. The van der Waals surface area contributed by atoms with Gasteiger partial charge in [-0.3, -0.25) is 4.79 Å². The number of nitrogens with zero attached hydrogens (tertiary/aromatic N) is 1. The van der Waals surface area contributed by atoms with Crippen LogP contribution in [0, 0.1) is 0 Å². The maximum absolute atomic E-state index is 12.7. The highest BCUT2D eigenvalue weighted by Gasteiger charge is 2.30. The van der Waals surface area contributed by atoms with Gasteiger partial charge < -0.3 is 14.4 Å². The summed E-state index contributed by atoms with van der Waals surface area (Å²) in [7, 11) is 1.61. The number of rotatable bonds is 6. The monoisotopic (exact) mass is 351 g/mol. The van der Waals surface area contributed by atoms with Crippen molar-refractivity contribution in [3.8, 4) is 11.5 Å². The van der Waals surface area contributed by atoms with E-state index >= 15 is 0 Å². The molecule has 0 aromatic heterocycles. The first kappa shape index (κ1) is 18.1. The van der Waals surface area contributed by atoms with E-state index in [4.69, 9.17) is 9.47 Å². The van der Waals surface area contributed by atoms with E-state index in [1.54, 1.807) is 7.11 Å². The van der Waals surface area contributed by atoms with Gasteiger partial charge in [0.2, 0.25) is 0 Å². The van der Waals surface area contributed by atoms with Crippen molar-refractivity contribution in [3.63, 3.8) is 0 Å². The van der Waals surface area contributed by atoms with Crippen molar-refractivity contribution >= 4 is 12.0 Å². The molecule has 1 fully saturated rings. The van der Waals surface area contributed by atoms with Crippen molar-refractivity contribution in [3.05, 3.63) is 65.7 Å². The molecular weight excluding hydrogens is 326 g/mol. The normalized spacial score (nSPS) is 16.8. The zero-order valence-corrected chi connectivity index (χ0v) is 15.4. The average molecular weight is 351 g/mol. The Balaban J connectivity index is 1.67. The number of carbonyl (C=O) groups excluding carboxylic acids is 1. The Hall–Kier alpha value is -2.75. The number of carbonyl (C=O) groups is 1. The summed E-state index contributed by atoms with van der Waals surface area (Å²) < 4.78 is 11.2. The van der Waals surface area contributed by atoms with E-state index in [9.17, 15) is 4.79 Å². The third-order valence-electron chi connectivity index (χ3n) is 4.66. The van der Waals surface area contributed by atoms with Crippen LogP contribution in [0.4, 0.5) is 0 Å². The molecule has 1 atom stereocenters. The van der Waals surface area contributed by atoms with Gasteiger partial charge in [0, 0.05) is 6.54 Å². The van der Waals surface area contributed by atoms with Gasteiger partial charge >= 0.3 is 0 Å². The summed E-state index contributed by atoms with van der Waals surface area (Å²) >= 11 is 0. The lowest BCUT2D eigenvalue weighted by Crippen LogP contribution is -2.34. The lowest BCUT2D eigenvalue weighted by Gasteiger charge is -2.25. The molecule has 0 aliphatic carbocycles. The fourth-order valence-corrected chi connectivity index (χ4v) is 3.41. The Morgan fingerprint density at radius 3 is 2.73 bits per heavy atom. The molecule has 1 heterocycles. The second kappa shape index (κ2) is 8.56. The molecule has 3 rings (SSSR count). The Kier molecular flexibility index (Phi) is 5.95. The maximum atomic E-state index is 12.7. The molecule has 4 nitrogen and oxygen atoms in total. The third-order valence-corrected chi connectivity index (χ3v) is 4.66. The smallest absolute Gasteiger partial charge is 0.261 e. The van der Waals surface area contributed by atoms with Crippen LogP contribution < -0.4 is 9.47 Å². The average Bonchev–Trinajstić information content (AvgIpc) is 3.17. The molecule has 0 radical (unpaired) electrons. The molecule has 2 aromatic rings. The number of allylic oxidation sites excluding steroid dienone is 1. The molecule has 0 spiro atoms. The number of likely N-dealkylation sites (tertiary alicyclic amines) is 1. The lowest BCUT2D eigenvalue weighted by atomic mass is 10.0. The molecular formula is C22H25NO3. The Labute approximate surface area is 155 Å². The maximum Gasteiger partial charge on any atom is 0.261 e. The Morgan fingerprint density at radius 2 is 2.00 bits per heavy atom. The Morgan fingerprint density at radius 1 is 1.19 bits per heavy atom. The number of hydrogen-bond acceptors (Lipinski definition) is 3. The van der Waals surface area contributed by atoms with Gasteiger partial charge in [-0.1, -0.05) is 48.6 Å². The second-order valence-corrected chi connectivity index (χ2v) is 6.35. The highest BCUT2D eigenvalue weighted by molar-refractivity contribution is 5.78. The summed E-state index contributed by atoms with van der Waals surface area (Å²) in [4.78, 5) is 14.6. The Bertz CT molecular complexity index is 770. The van der Waals surface area contributed by atoms with Crippen LogP contribution in [-0.4, -0.2) is 31.1 Å². The standard InChI is InChI=1S/C22H25NO3/c1-3-8-17-12-13-20(21(15-17)25-2)26-16-22(24)23-14-7-11-19(23)18-9-5-4-6-10-18/h3-6,8-10,12-13,15,19H,7,11,14,16H2,1-2H3/b8-3+. The van der Waals surface area contributed by atoms with Crippen molar-refractivity contribution in [2.24, 2.45) is 0 Å². The molecule has 1 unspecified atom stereocenters. The molecule has 0 bridgehead atoms. The molecule has 4 heteroatoms. The van der Waals surface area contributed by atoms with Gasteiger partial charge in [0.05, 0.1) is 13.2 Å². The number of ether oxygens (including phenoxy) is 2. The largest absolute Gasteiger partial charge is 0.493 e. The third kappa shape index (κ3) is 4.07. The fraction of sp³-hybridized carbons (Fsp3) is 0.318. The van der Waals surface area contributed by atoms with Crippen LogP contribution in [0.3, 0.4) is 0 Å². The van der Waals surface area contributed by atoms with E-state index in [1.807, 2.05) is 60.4 Å². The zero-order valence-electron chi connectivity index (χ0n) is 15.4. The summed E-state index contributed by atoms with van der Waals surface area (Å²) in [5.41, 5.74) is 2.22. The first-order valence-corrected chi connectivity index (χ1v) is 9.01. The number of benzene rings is 2. The predicted octanol–water partition coefficient (Wildman–Crippen LogP) is 4.47. The van der Waals surface area contributed by atoms with E-state index < -0.39 is 0 Å². The van der Waals surface area contributed by atoms with Gasteiger partial charge in [0.25, 0.3) is 5.91 Å². The van der Waals surface area contributed by atoms with Crippen LogP contribution in [0.1, 0.15) is 36.9 Å². The van der Waals surface area contributed by atoms with Crippen LogP contribution in [0.2, 0.25) is 0 Å². The van der Waals surface area contributed by atoms with Crippen molar-refractivity contribution in [1.29, 1.82) is 0 Å². The molecule has 0 N–H and O–H groups in total. The van der Waals surface area contributed by atoms with E-state index in [0.717, 1.165) is 24.9 Å². The van der Waals surface area contributed by atoms with E-state index in [0.29, 0.717) is 11.5 Å². The van der Waals surface area contributed by atoms with Gasteiger partial charge in [0.15, 0.2) is 18.1 Å². The SMILES string of the molecule is C/C=C/c1ccc(OCC(=O)N2CCCC2c2ccccc2)c(OC)c1. The molecule has 26 heavy (non-hydrogen) atoms. The van der Waals surface area contributed by atoms with E-state index in [1.165, 1.54) is 5.56 Å². The van der Waals surface area contributed by atoms with Gasteiger partial charge in [-0.25, -0.2) is 0 Å². The van der Waals surface area contributed by atoms with Crippen LogP contribution in [0.5, 0.6) is 11.5 Å². The van der Waals surface area contributed by atoms with Crippen molar-refractivity contribution < 1.29 is 14.3 Å². The van der Waals surface area contributed by atoms with Gasteiger partial charge in [0.1, 0.15) is 0 Å². The number of methoxy groups -OCH3 is 1. The molecule has 1 aliphatic rings. The first-order chi connectivity index (χ1) is 12.7. The molecule has 1 saturated heterocycles. The summed E-state index contributed by atoms with van der Waals surface area (Å²) in [6.07, 6.45) is 5.98.